The van der Waals surface area contributed by atoms with Gasteiger partial charge >= 0.3 is 5.97 Å². The van der Waals surface area contributed by atoms with Crippen LogP contribution in [0.15, 0.2) is 24.3 Å². The van der Waals surface area contributed by atoms with Crippen LogP contribution < -0.4 is 0 Å². The van der Waals surface area contributed by atoms with E-state index >= 15 is 0 Å². The number of ether oxygens (including phenoxy) is 1. The lowest BCUT2D eigenvalue weighted by Gasteiger charge is -2.31. The van der Waals surface area contributed by atoms with Crippen molar-refractivity contribution in [1.29, 1.82) is 0 Å². The lowest BCUT2D eigenvalue weighted by molar-refractivity contribution is -0.149. The van der Waals surface area contributed by atoms with Gasteiger partial charge in [0.25, 0.3) is 5.91 Å². The van der Waals surface area contributed by atoms with Crippen LogP contribution in [0.25, 0.3) is 10.1 Å². The normalized spacial score (nSPS) is 18.2. The SMILES string of the molecule is CCOC(=O)C1CCCN(C(=O)c2sc3ccccc3c2C)C1. The second-order valence-corrected chi connectivity index (χ2v) is 6.95. The molecule has 0 aliphatic carbocycles. The number of benzene rings is 1. The first-order valence-electron chi connectivity index (χ1n) is 8.05. The molecule has 1 fully saturated rings. The highest BCUT2D eigenvalue weighted by molar-refractivity contribution is 7.21. The standard InChI is InChI=1S/C18H21NO3S/c1-3-22-18(21)13-7-6-10-19(11-13)17(20)16-12(2)14-8-4-5-9-15(14)23-16/h4-5,8-9,13H,3,6-7,10-11H2,1-2H3. The summed E-state index contributed by atoms with van der Waals surface area (Å²) in [6, 6.07) is 8.08. The van der Waals surface area contributed by atoms with Crippen molar-refractivity contribution in [3.8, 4) is 0 Å². The third-order valence-electron chi connectivity index (χ3n) is 4.37. The highest BCUT2D eigenvalue weighted by Crippen LogP contribution is 2.32. The number of esters is 1. The number of piperidine rings is 1. The number of carbonyl (C=O) groups excluding carboxylic acids is 2. The van der Waals surface area contributed by atoms with Crippen LogP contribution in [0, 0.1) is 12.8 Å². The van der Waals surface area contributed by atoms with E-state index in [1.807, 2.05) is 36.9 Å². The molecule has 122 valence electrons. The Labute approximate surface area is 140 Å². The molecule has 0 radical (unpaired) electrons. The Kier molecular flexibility index (Phi) is 4.66. The van der Waals surface area contributed by atoms with Gasteiger partial charge in [-0.1, -0.05) is 18.2 Å². The quantitative estimate of drug-likeness (QED) is 0.807. The Morgan fingerprint density at radius 3 is 2.87 bits per heavy atom. The molecule has 1 aromatic carbocycles. The van der Waals surface area contributed by atoms with Crippen molar-refractivity contribution in [1.82, 2.24) is 4.90 Å². The van der Waals surface area contributed by atoms with Crippen LogP contribution in [0.2, 0.25) is 0 Å². The smallest absolute Gasteiger partial charge is 0.310 e. The number of hydrogen-bond donors (Lipinski definition) is 0. The van der Waals surface area contributed by atoms with Crippen LogP contribution >= 0.6 is 11.3 Å². The van der Waals surface area contributed by atoms with Gasteiger partial charge in [0.1, 0.15) is 0 Å². The Morgan fingerprint density at radius 1 is 1.35 bits per heavy atom. The van der Waals surface area contributed by atoms with Gasteiger partial charge in [-0.15, -0.1) is 11.3 Å². The Balaban J connectivity index is 1.81. The lowest BCUT2D eigenvalue weighted by atomic mass is 9.98. The molecule has 0 spiro atoms. The van der Waals surface area contributed by atoms with Gasteiger partial charge in [0, 0.05) is 17.8 Å². The molecule has 3 rings (SSSR count). The van der Waals surface area contributed by atoms with Crippen molar-refractivity contribution >= 4 is 33.3 Å². The number of carbonyl (C=O) groups is 2. The summed E-state index contributed by atoms with van der Waals surface area (Å²) in [4.78, 5) is 27.4. The highest BCUT2D eigenvalue weighted by Gasteiger charge is 2.31. The monoisotopic (exact) mass is 331 g/mol. The fraction of sp³-hybridized carbons (Fsp3) is 0.444. The summed E-state index contributed by atoms with van der Waals surface area (Å²) in [5, 5.41) is 1.14. The Bertz CT molecular complexity index is 737. The maximum absolute atomic E-state index is 12.9. The summed E-state index contributed by atoms with van der Waals surface area (Å²) in [6.45, 7) is 5.37. The second kappa shape index (κ2) is 6.71. The van der Waals surface area contributed by atoms with Gasteiger partial charge in [-0.2, -0.15) is 0 Å². The average molecular weight is 331 g/mol. The van der Waals surface area contributed by atoms with E-state index in [0.29, 0.717) is 19.7 Å². The molecule has 0 saturated carbocycles. The molecular weight excluding hydrogens is 310 g/mol. The van der Waals surface area contributed by atoms with Crippen molar-refractivity contribution < 1.29 is 14.3 Å². The molecule has 1 amide bonds. The summed E-state index contributed by atoms with van der Waals surface area (Å²) in [7, 11) is 0. The van der Waals surface area contributed by atoms with E-state index in [9.17, 15) is 9.59 Å². The van der Waals surface area contributed by atoms with Gasteiger partial charge in [0.2, 0.25) is 0 Å². The predicted molar refractivity (Wildman–Crippen MR) is 91.8 cm³/mol. The van der Waals surface area contributed by atoms with E-state index in [1.165, 1.54) is 11.3 Å². The Hall–Kier alpha value is -1.88. The second-order valence-electron chi connectivity index (χ2n) is 5.89. The fourth-order valence-electron chi connectivity index (χ4n) is 3.14. The van der Waals surface area contributed by atoms with E-state index in [0.717, 1.165) is 33.4 Å². The van der Waals surface area contributed by atoms with Crippen molar-refractivity contribution in [2.45, 2.75) is 26.7 Å². The van der Waals surface area contributed by atoms with Crippen LogP contribution in [0.4, 0.5) is 0 Å². The number of hydrogen-bond acceptors (Lipinski definition) is 4. The molecule has 1 atom stereocenters. The maximum Gasteiger partial charge on any atom is 0.310 e. The fourth-order valence-corrected chi connectivity index (χ4v) is 4.31. The zero-order chi connectivity index (χ0) is 16.4. The molecule has 1 aliphatic heterocycles. The summed E-state index contributed by atoms with van der Waals surface area (Å²) in [6.07, 6.45) is 1.65. The summed E-state index contributed by atoms with van der Waals surface area (Å²) in [5.74, 6) is -0.335. The van der Waals surface area contributed by atoms with Gasteiger partial charge < -0.3 is 9.64 Å². The minimum absolute atomic E-state index is 0.0395. The lowest BCUT2D eigenvalue weighted by Crippen LogP contribution is -2.42. The number of nitrogens with zero attached hydrogens (tertiary/aromatic N) is 1. The average Bonchev–Trinajstić information content (AvgIpc) is 2.92. The zero-order valence-corrected chi connectivity index (χ0v) is 14.3. The predicted octanol–water partition coefficient (Wildman–Crippen LogP) is 3.63. The van der Waals surface area contributed by atoms with Gasteiger partial charge in [-0.3, -0.25) is 9.59 Å². The van der Waals surface area contributed by atoms with Crippen molar-refractivity contribution in [2.75, 3.05) is 19.7 Å². The van der Waals surface area contributed by atoms with Crippen LogP contribution in [-0.2, 0) is 9.53 Å². The molecule has 4 nitrogen and oxygen atoms in total. The van der Waals surface area contributed by atoms with E-state index in [1.54, 1.807) is 0 Å². The minimum atomic E-state index is -0.192. The van der Waals surface area contributed by atoms with Gasteiger partial charge in [0.05, 0.1) is 17.4 Å². The molecule has 0 N–H and O–H groups in total. The third kappa shape index (κ3) is 3.11. The van der Waals surface area contributed by atoms with Gasteiger partial charge in [-0.05, 0) is 43.7 Å². The van der Waals surface area contributed by atoms with Crippen molar-refractivity contribution in [2.24, 2.45) is 5.92 Å². The van der Waals surface area contributed by atoms with Crippen LogP contribution in [0.3, 0.4) is 0 Å². The minimum Gasteiger partial charge on any atom is -0.466 e. The highest BCUT2D eigenvalue weighted by atomic mass is 32.1. The van der Waals surface area contributed by atoms with Gasteiger partial charge in [0.15, 0.2) is 0 Å². The van der Waals surface area contributed by atoms with Crippen LogP contribution in [0.1, 0.15) is 35.0 Å². The topological polar surface area (TPSA) is 46.6 Å². The molecule has 1 aromatic heterocycles. The van der Waals surface area contributed by atoms with Crippen molar-refractivity contribution in [3.63, 3.8) is 0 Å². The molecule has 2 aromatic rings. The number of likely N-dealkylation sites (tertiary alicyclic amines) is 1. The number of rotatable bonds is 3. The van der Waals surface area contributed by atoms with Crippen LogP contribution in [0.5, 0.6) is 0 Å². The first kappa shape index (κ1) is 16.0. The Morgan fingerprint density at radius 2 is 2.13 bits per heavy atom. The van der Waals surface area contributed by atoms with Gasteiger partial charge in [-0.25, -0.2) is 0 Å². The van der Waals surface area contributed by atoms with Crippen LogP contribution in [-0.4, -0.2) is 36.5 Å². The number of fused-ring (bicyclic) bond motifs is 1. The number of amides is 1. The first-order chi connectivity index (χ1) is 11.1. The zero-order valence-electron chi connectivity index (χ0n) is 13.5. The first-order valence-corrected chi connectivity index (χ1v) is 8.87. The third-order valence-corrected chi connectivity index (χ3v) is 5.63. The molecule has 5 heteroatoms. The number of aryl methyl sites for hydroxylation is 1. The van der Waals surface area contributed by atoms with E-state index < -0.39 is 0 Å². The summed E-state index contributed by atoms with van der Waals surface area (Å²) in [5.41, 5.74) is 1.04. The summed E-state index contributed by atoms with van der Waals surface area (Å²) >= 11 is 1.54. The molecule has 23 heavy (non-hydrogen) atoms. The maximum atomic E-state index is 12.9. The molecular formula is C18H21NO3S. The van der Waals surface area contributed by atoms with E-state index in [4.69, 9.17) is 4.74 Å². The molecule has 1 saturated heterocycles. The van der Waals surface area contributed by atoms with E-state index in [-0.39, 0.29) is 17.8 Å². The summed E-state index contributed by atoms with van der Waals surface area (Å²) < 4.78 is 6.24. The number of thiophene rings is 1. The molecule has 0 bridgehead atoms. The largest absolute Gasteiger partial charge is 0.466 e. The molecule has 2 heterocycles. The molecule has 1 aliphatic rings. The van der Waals surface area contributed by atoms with Crippen molar-refractivity contribution in [3.05, 3.63) is 34.7 Å². The molecule has 1 unspecified atom stereocenters. The van der Waals surface area contributed by atoms with E-state index in [2.05, 4.69) is 6.07 Å².